The first-order valence-electron chi connectivity index (χ1n) is 7.33. The molecule has 6 heteroatoms. The Hall–Kier alpha value is -1.66. The average molecular weight is 293 g/mol. The first-order chi connectivity index (χ1) is 10.1. The molecule has 1 aromatic rings. The first-order valence-corrected chi connectivity index (χ1v) is 7.33. The number of amides is 1. The van der Waals surface area contributed by atoms with Gasteiger partial charge in [0, 0.05) is 26.1 Å². The monoisotopic (exact) mass is 293 g/mol. The van der Waals surface area contributed by atoms with Gasteiger partial charge in [-0.2, -0.15) is 0 Å². The molecular formula is C15H20FN3O2. The number of hydrogen-bond acceptors (Lipinski definition) is 4. The van der Waals surface area contributed by atoms with Crippen molar-refractivity contribution in [3.8, 4) is 0 Å². The molecule has 114 valence electrons. The van der Waals surface area contributed by atoms with Crippen molar-refractivity contribution in [3.63, 3.8) is 0 Å². The maximum Gasteiger partial charge on any atom is 0.225 e. The molecule has 2 fully saturated rings. The van der Waals surface area contributed by atoms with Crippen LogP contribution in [0.4, 0.5) is 15.8 Å². The number of benzene rings is 1. The largest absolute Gasteiger partial charge is 0.397 e. The lowest BCUT2D eigenvalue weighted by atomic mass is 10.2. The van der Waals surface area contributed by atoms with Crippen LogP contribution in [0.1, 0.15) is 19.3 Å². The number of likely N-dealkylation sites (tertiary alicyclic amines) is 1. The van der Waals surface area contributed by atoms with Crippen LogP contribution in [-0.2, 0) is 9.53 Å². The van der Waals surface area contributed by atoms with Gasteiger partial charge in [0.25, 0.3) is 0 Å². The predicted molar refractivity (Wildman–Crippen MR) is 78.4 cm³/mol. The third kappa shape index (κ3) is 3.51. The van der Waals surface area contributed by atoms with Crippen molar-refractivity contribution in [1.29, 1.82) is 0 Å². The highest BCUT2D eigenvalue weighted by atomic mass is 19.1. The zero-order valence-electron chi connectivity index (χ0n) is 11.8. The van der Waals surface area contributed by atoms with Crippen LogP contribution < -0.4 is 11.1 Å². The van der Waals surface area contributed by atoms with Gasteiger partial charge in [0.2, 0.25) is 5.91 Å². The van der Waals surface area contributed by atoms with Crippen LogP contribution in [-0.4, -0.2) is 42.6 Å². The summed E-state index contributed by atoms with van der Waals surface area (Å²) in [7, 11) is 0. The molecule has 2 aliphatic heterocycles. The normalized spacial score (nSPS) is 25.0. The van der Waals surface area contributed by atoms with E-state index in [-0.39, 0.29) is 11.6 Å². The fraction of sp³-hybridized carbons (Fsp3) is 0.533. The van der Waals surface area contributed by atoms with Gasteiger partial charge in [0.05, 0.1) is 23.6 Å². The lowest BCUT2D eigenvalue weighted by molar-refractivity contribution is -0.117. The number of carbonyl (C=O) groups excluding carboxylic acids is 1. The maximum atomic E-state index is 12.9. The van der Waals surface area contributed by atoms with E-state index in [0.717, 1.165) is 25.9 Å². The topological polar surface area (TPSA) is 67.6 Å². The number of nitrogens with two attached hydrogens (primary N) is 1. The van der Waals surface area contributed by atoms with Crippen LogP contribution >= 0.6 is 0 Å². The van der Waals surface area contributed by atoms with E-state index in [1.165, 1.54) is 18.2 Å². The number of ether oxygens (including phenoxy) is 1. The SMILES string of the molecule is Nc1cc(F)ccc1NC(=O)CCN1CC2CCC(C1)O2. The summed E-state index contributed by atoms with van der Waals surface area (Å²) < 4.78 is 18.7. The number of carbonyl (C=O) groups is 1. The van der Waals surface area contributed by atoms with E-state index in [0.29, 0.717) is 30.9 Å². The Morgan fingerprint density at radius 3 is 2.76 bits per heavy atom. The molecule has 2 unspecified atom stereocenters. The Morgan fingerprint density at radius 2 is 2.10 bits per heavy atom. The van der Waals surface area contributed by atoms with Gasteiger partial charge in [-0.3, -0.25) is 9.69 Å². The first kappa shape index (κ1) is 14.3. The average Bonchev–Trinajstić information content (AvgIpc) is 2.79. The van der Waals surface area contributed by atoms with Crippen LogP contribution in [0.3, 0.4) is 0 Å². The van der Waals surface area contributed by atoms with Crippen LogP contribution in [0.2, 0.25) is 0 Å². The molecular weight excluding hydrogens is 273 g/mol. The Bertz CT molecular complexity index is 526. The second-order valence-corrected chi connectivity index (χ2v) is 5.75. The van der Waals surface area contributed by atoms with Gasteiger partial charge in [-0.25, -0.2) is 4.39 Å². The van der Waals surface area contributed by atoms with Crippen molar-refractivity contribution >= 4 is 17.3 Å². The number of rotatable bonds is 4. The highest BCUT2D eigenvalue weighted by Crippen LogP contribution is 2.26. The Balaban J connectivity index is 1.48. The van der Waals surface area contributed by atoms with E-state index in [9.17, 15) is 9.18 Å². The molecule has 21 heavy (non-hydrogen) atoms. The van der Waals surface area contributed by atoms with Crippen LogP contribution in [0, 0.1) is 5.82 Å². The Morgan fingerprint density at radius 1 is 1.38 bits per heavy atom. The van der Waals surface area contributed by atoms with Gasteiger partial charge < -0.3 is 15.8 Å². The van der Waals surface area contributed by atoms with E-state index in [4.69, 9.17) is 10.5 Å². The molecule has 2 heterocycles. The number of nitrogens with zero attached hydrogens (tertiary/aromatic N) is 1. The molecule has 0 spiro atoms. The molecule has 3 N–H and O–H groups in total. The van der Waals surface area contributed by atoms with Gasteiger partial charge >= 0.3 is 0 Å². The third-order valence-electron chi connectivity index (χ3n) is 4.06. The van der Waals surface area contributed by atoms with Gasteiger partial charge in [-0.15, -0.1) is 0 Å². The van der Waals surface area contributed by atoms with Crippen molar-refractivity contribution in [2.45, 2.75) is 31.5 Å². The minimum atomic E-state index is -0.408. The van der Waals surface area contributed by atoms with E-state index in [2.05, 4.69) is 10.2 Å². The lowest BCUT2D eigenvalue weighted by Crippen LogP contribution is -2.43. The highest BCUT2D eigenvalue weighted by Gasteiger charge is 2.33. The number of nitrogens with one attached hydrogen (secondary N) is 1. The number of fused-ring (bicyclic) bond motifs is 2. The summed E-state index contributed by atoms with van der Waals surface area (Å²) in [6, 6.07) is 3.97. The number of nitrogen functional groups attached to an aromatic ring is 1. The molecule has 0 aliphatic carbocycles. The molecule has 1 amide bonds. The number of morpholine rings is 1. The van der Waals surface area contributed by atoms with E-state index in [1.54, 1.807) is 0 Å². The second-order valence-electron chi connectivity index (χ2n) is 5.75. The molecule has 1 aromatic carbocycles. The summed E-state index contributed by atoms with van der Waals surface area (Å²) >= 11 is 0. The number of anilines is 2. The number of hydrogen-bond donors (Lipinski definition) is 2. The van der Waals surface area contributed by atoms with Gasteiger partial charge in [-0.05, 0) is 31.0 Å². The minimum absolute atomic E-state index is 0.104. The van der Waals surface area contributed by atoms with E-state index in [1.807, 2.05) is 0 Å². The molecule has 2 saturated heterocycles. The summed E-state index contributed by atoms with van der Waals surface area (Å²) in [5.41, 5.74) is 6.38. The van der Waals surface area contributed by atoms with Crippen molar-refractivity contribution in [3.05, 3.63) is 24.0 Å². The smallest absolute Gasteiger partial charge is 0.225 e. The Labute approximate surface area is 123 Å². The van der Waals surface area contributed by atoms with Crippen LogP contribution in [0.5, 0.6) is 0 Å². The molecule has 2 atom stereocenters. The zero-order valence-corrected chi connectivity index (χ0v) is 11.8. The fourth-order valence-electron chi connectivity index (χ4n) is 3.00. The summed E-state index contributed by atoms with van der Waals surface area (Å²) in [6.07, 6.45) is 3.31. The van der Waals surface area contributed by atoms with Crippen molar-refractivity contribution < 1.29 is 13.9 Å². The molecule has 2 aliphatic rings. The van der Waals surface area contributed by atoms with Gasteiger partial charge in [-0.1, -0.05) is 0 Å². The number of halogens is 1. The third-order valence-corrected chi connectivity index (χ3v) is 4.06. The second kappa shape index (κ2) is 5.99. The molecule has 0 radical (unpaired) electrons. The summed E-state index contributed by atoms with van der Waals surface area (Å²) in [5.74, 6) is -0.513. The van der Waals surface area contributed by atoms with E-state index >= 15 is 0 Å². The van der Waals surface area contributed by atoms with Crippen molar-refractivity contribution in [2.24, 2.45) is 0 Å². The van der Waals surface area contributed by atoms with E-state index < -0.39 is 5.82 Å². The summed E-state index contributed by atoms with van der Waals surface area (Å²) in [4.78, 5) is 14.2. The highest BCUT2D eigenvalue weighted by molar-refractivity contribution is 5.93. The summed E-state index contributed by atoms with van der Waals surface area (Å²) in [5, 5.41) is 2.73. The predicted octanol–water partition coefficient (Wildman–Crippen LogP) is 1.60. The van der Waals surface area contributed by atoms with Gasteiger partial charge in [0.1, 0.15) is 5.82 Å². The van der Waals surface area contributed by atoms with Crippen molar-refractivity contribution in [2.75, 3.05) is 30.7 Å². The standard InChI is InChI=1S/C15H20FN3O2/c16-10-1-4-14(13(17)7-10)18-15(20)5-6-19-8-11-2-3-12(9-19)21-11/h1,4,7,11-12H,2-3,5-6,8-9,17H2,(H,18,20). The molecule has 3 rings (SSSR count). The Kier molecular flexibility index (Phi) is 4.07. The molecule has 2 bridgehead atoms. The van der Waals surface area contributed by atoms with Crippen molar-refractivity contribution in [1.82, 2.24) is 4.90 Å². The fourth-order valence-corrected chi connectivity index (χ4v) is 3.00. The molecule has 5 nitrogen and oxygen atoms in total. The molecule has 0 aromatic heterocycles. The zero-order chi connectivity index (χ0) is 14.8. The molecule has 0 saturated carbocycles. The van der Waals surface area contributed by atoms with Crippen LogP contribution in [0.25, 0.3) is 0 Å². The maximum absolute atomic E-state index is 12.9. The summed E-state index contributed by atoms with van der Waals surface area (Å²) in [6.45, 7) is 2.52. The van der Waals surface area contributed by atoms with Crippen LogP contribution in [0.15, 0.2) is 18.2 Å². The quantitative estimate of drug-likeness (QED) is 0.828. The van der Waals surface area contributed by atoms with Gasteiger partial charge in [0.15, 0.2) is 0 Å². The minimum Gasteiger partial charge on any atom is -0.397 e. The lowest BCUT2D eigenvalue weighted by Gasteiger charge is -2.31.